The Morgan fingerprint density at radius 2 is 2.11 bits per heavy atom. The van der Waals surface area contributed by atoms with E-state index in [4.69, 9.17) is 11.8 Å². The second-order valence-electron chi connectivity index (χ2n) is 1.83. The maximum absolute atomic E-state index is 10.7. The van der Waals surface area contributed by atoms with Crippen LogP contribution in [0.1, 0.15) is 26.7 Å². The number of hydrogen-bond donors (Lipinski definition) is 0. The molecule has 0 aliphatic carbocycles. The summed E-state index contributed by atoms with van der Waals surface area (Å²) in [5.74, 6) is -0.00137. The van der Waals surface area contributed by atoms with E-state index in [0.29, 0.717) is 13.0 Å². The highest BCUT2D eigenvalue weighted by Crippen LogP contribution is 1.98. The molecule has 0 N–H and O–H groups in total. The lowest BCUT2D eigenvalue weighted by molar-refractivity contribution is -0.126. The second kappa shape index (κ2) is 4.62. The van der Waals surface area contributed by atoms with Gasteiger partial charge in [0.05, 0.1) is 0 Å². The van der Waals surface area contributed by atoms with Gasteiger partial charge < -0.3 is 0 Å². The van der Waals surface area contributed by atoms with Gasteiger partial charge in [-0.25, -0.2) is 0 Å². The van der Waals surface area contributed by atoms with Crippen LogP contribution in [0.25, 0.3) is 0 Å². The SMILES string of the molecule is CCCN(Cl)C(=O)CC. The van der Waals surface area contributed by atoms with E-state index in [1.807, 2.05) is 6.92 Å². The third kappa shape index (κ3) is 3.36. The first-order valence-electron chi connectivity index (χ1n) is 3.18. The van der Waals surface area contributed by atoms with E-state index in [1.54, 1.807) is 6.92 Å². The summed E-state index contributed by atoms with van der Waals surface area (Å²) in [5, 5.41) is 0. The molecule has 9 heavy (non-hydrogen) atoms. The van der Waals surface area contributed by atoms with Crippen molar-refractivity contribution in [2.75, 3.05) is 6.54 Å². The molecular weight excluding hydrogens is 138 g/mol. The van der Waals surface area contributed by atoms with Crippen molar-refractivity contribution < 1.29 is 4.79 Å². The summed E-state index contributed by atoms with van der Waals surface area (Å²) in [7, 11) is 0. The summed E-state index contributed by atoms with van der Waals surface area (Å²) in [6.45, 7) is 4.43. The summed E-state index contributed by atoms with van der Waals surface area (Å²) in [6, 6.07) is 0. The van der Waals surface area contributed by atoms with Crippen LogP contribution in [0.15, 0.2) is 0 Å². The van der Waals surface area contributed by atoms with Crippen LogP contribution in [0.2, 0.25) is 0 Å². The van der Waals surface area contributed by atoms with Crippen LogP contribution < -0.4 is 0 Å². The molecule has 1 amide bonds. The Hall–Kier alpha value is -0.240. The van der Waals surface area contributed by atoms with E-state index in [0.717, 1.165) is 6.42 Å². The third-order valence-electron chi connectivity index (χ3n) is 0.993. The minimum atomic E-state index is -0.00137. The van der Waals surface area contributed by atoms with Gasteiger partial charge in [0.1, 0.15) is 0 Å². The van der Waals surface area contributed by atoms with Gasteiger partial charge in [0.15, 0.2) is 0 Å². The largest absolute Gasteiger partial charge is 0.274 e. The van der Waals surface area contributed by atoms with Gasteiger partial charge in [-0.2, -0.15) is 0 Å². The summed E-state index contributed by atoms with van der Waals surface area (Å²) < 4.78 is 1.24. The maximum Gasteiger partial charge on any atom is 0.236 e. The number of rotatable bonds is 3. The molecule has 0 saturated heterocycles. The molecule has 0 heterocycles. The Morgan fingerprint density at radius 3 is 2.44 bits per heavy atom. The van der Waals surface area contributed by atoms with Crippen LogP contribution in [0.5, 0.6) is 0 Å². The molecule has 0 radical (unpaired) electrons. The zero-order valence-electron chi connectivity index (χ0n) is 5.85. The minimum Gasteiger partial charge on any atom is -0.274 e. The molecule has 0 spiro atoms. The quantitative estimate of drug-likeness (QED) is 0.561. The van der Waals surface area contributed by atoms with Crippen molar-refractivity contribution in [2.24, 2.45) is 0 Å². The monoisotopic (exact) mass is 149 g/mol. The predicted molar refractivity (Wildman–Crippen MR) is 38.1 cm³/mol. The lowest BCUT2D eigenvalue weighted by Gasteiger charge is -2.09. The van der Waals surface area contributed by atoms with Gasteiger partial charge in [0.2, 0.25) is 5.91 Å². The molecule has 54 valence electrons. The molecule has 0 aliphatic rings. The van der Waals surface area contributed by atoms with Gasteiger partial charge in [-0.1, -0.05) is 13.8 Å². The van der Waals surface area contributed by atoms with Crippen molar-refractivity contribution in [2.45, 2.75) is 26.7 Å². The lowest BCUT2D eigenvalue weighted by Crippen LogP contribution is -2.20. The van der Waals surface area contributed by atoms with E-state index < -0.39 is 0 Å². The molecule has 0 aliphatic heterocycles. The highest BCUT2D eigenvalue weighted by atomic mass is 35.5. The van der Waals surface area contributed by atoms with Gasteiger partial charge in [-0.3, -0.25) is 9.21 Å². The third-order valence-corrected chi connectivity index (χ3v) is 1.35. The fourth-order valence-corrected chi connectivity index (χ4v) is 0.781. The Morgan fingerprint density at radius 1 is 1.56 bits per heavy atom. The van der Waals surface area contributed by atoms with E-state index in [1.165, 1.54) is 4.42 Å². The van der Waals surface area contributed by atoms with E-state index in [2.05, 4.69) is 0 Å². The second-order valence-corrected chi connectivity index (χ2v) is 2.24. The van der Waals surface area contributed by atoms with Gasteiger partial charge in [0.25, 0.3) is 0 Å². The molecule has 0 aromatic heterocycles. The highest BCUT2D eigenvalue weighted by molar-refractivity contribution is 6.21. The maximum atomic E-state index is 10.7. The van der Waals surface area contributed by atoms with Crippen LogP contribution in [0, 0.1) is 0 Å². The van der Waals surface area contributed by atoms with Crippen LogP contribution in [0.4, 0.5) is 0 Å². The Kier molecular flexibility index (Phi) is 4.50. The average Bonchev–Trinajstić information content (AvgIpc) is 1.87. The minimum absolute atomic E-state index is 0.00137. The zero-order valence-corrected chi connectivity index (χ0v) is 6.61. The summed E-state index contributed by atoms with van der Waals surface area (Å²) >= 11 is 5.52. The first kappa shape index (κ1) is 8.76. The van der Waals surface area contributed by atoms with E-state index in [-0.39, 0.29) is 5.91 Å². The number of halogens is 1. The Balaban J connectivity index is 3.45. The van der Waals surface area contributed by atoms with Crippen LogP contribution >= 0.6 is 11.8 Å². The molecule has 0 rings (SSSR count). The number of amides is 1. The van der Waals surface area contributed by atoms with Gasteiger partial charge in [0, 0.05) is 24.7 Å². The Labute approximate surface area is 60.9 Å². The van der Waals surface area contributed by atoms with Gasteiger partial charge in [-0.05, 0) is 6.42 Å². The standard InChI is InChI=1S/C6H12ClNO/c1-3-5-8(7)6(9)4-2/h3-5H2,1-2H3. The van der Waals surface area contributed by atoms with Crippen molar-refractivity contribution in [3.05, 3.63) is 0 Å². The fraction of sp³-hybridized carbons (Fsp3) is 0.833. The number of nitrogens with zero attached hydrogens (tertiary/aromatic N) is 1. The predicted octanol–water partition coefficient (Wildman–Crippen LogP) is 1.79. The number of hydrogen-bond acceptors (Lipinski definition) is 1. The number of carbonyl (C=O) groups is 1. The van der Waals surface area contributed by atoms with Gasteiger partial charge >= 0.3 is 0 Å². The van der Waals surface area contributed by atoms with E-state index >= 15 is 0 Å². The van der Waals surface area contributed by atoms with Crippen LogP contribution in [-0.4, -0.2) is 16.9 Å². The molecule has 2 nitrogen and oxygen atoms in total. The first-order valence-corrected chi connectivity index (χ1v) is 3.52. The molecule has 0 fully saturated rings. The van der Waals surface area contributed by atoms with Crippen LogP contribution in [-0.2, 0) is 4.79 Å². The van der Waals surface area contributed by atoms with Crippen molar-refractivity contribution in [3.63, 3.8) is 0 Å². The zero-order chi connectivity index (χ0) is 7.28. The van der Waals surface area contributed by atoms with Crippen molar-refractivity contribution in [1.29, 1.82) is 0 Å². The fourth-order valence-electron chi connectivity index (χ4n) is 0.493. The normalized spacial score (nSPS) is 9.22. The average molecular weight is 150 g/mol. The molecule has 0 unspecified atom stereocenters. The Bertz CT molecular complexity index is 95.1. The van der Waals surface area contributed by atoms with Gasteiger partial charge in [-0.15, -0.1) is 0 Å². The molecule has 0 atom stereocenters. The molecule has 0 aromatic rings. The molecule has 0 bridgehead atoms. The summed E-state index contributed by atoms with van der Waals surface area (Å²) in [6.07, 6.45) is 1.40. The first-order chi connectivity index (χ1) is 4.22. The smallest absolute Gasteiger partial charge is 0.236 e. The van der Waals surface area contributed by atoms with Crippen molar-refractivity contribution >= 4 is 17.7 Å². The topological polar surface area (TPSA) is 20.3 Å². The molecule has 0 aromatic carbocycles. The summed E-state index contributed by atoms with van der Waals surface area (Å²) in [5.41, 5.74) is 0. The molecular formula is C6H12ClNO. The van der Waals surface area contributed by atoms with Crippen LogP contribution in [0.3, 0.4) is 0 Å². The lowest BCUT2D eigenvalue weighted by atomic mass is 10.4. The number of carbonyl (C=O) groups excluding carboxylic acids is 1. The highest BCUT2D eigenvalue weighted by Gasteiger charge is 2.04. The van der Waals surface area contributed by atoms with Crippen molar-refractivity contribution in [1.82, 2.24) is 4.42 Å². The van der Waals surface area contributed by atoms with Crippen molar-refractivity contribution in [3.8, 4) is 0 Å². The molecule has 3 heteroatoms. The summed E-state index contributed by atoms with van der Waals surface area (Å²) in [4.78, 5) is 10.7. The van der Waals surface area contributed by atoms with E-state index in [9.17, 15) is 4.79 Å². The molecule has 0 saturated carbocycles.